The molecular formula is C17H21FN4O. The molecule has 0 fully saturated rings. The molecule has 122 valence electrons. The maximum absolute atomic E-state index is 13.6. The van der Waals surface area contributed by atoms with E-state index in [1.54, 1.807) is 12.1 Å². The van der Waals surface area contributed by atoms with Gasteiger partial charge in [-0.2, -0.15) is 0 Å². The van der Waals surface area contributed by atoms with Crippen LogP contribution < -0.4 is 10.2 Å². The molecule has 0 radical (unpaired) electrons. The lowest BCUT2D eigenvalue weighted by Gasteiger charge is -2.21. The van der Waals surface area contributed by atoms with Gasteiger partial charge in [0.15, 0.2) is 0 Å². The van der Waals surface area contributed by atoms with Crippen molar-refractivity contribution in [2.24, 2.45) is 0 Å². The molecule has 0 aliphatic heterocycles. The van der Waals surface area contributed by atoms with Crippen LogP contribution in [0.15, 0.2) is 36.7 Å². The largest absolute Gasteiger partial charge is 0.341 e. The number of nitrogens with one attached hydrogen (secondary N) is 1. The number of benzene rings is 1. The molecule has 0 aliphatic carbocycles. The standard InChI is InChI=1S/C17H21FN4O/c1-3-9-22(10-4-2)17-19-11-13(12-20-17)16(23)21-15-8-6-5-7-14(15)18/h5-8,11-12H,3-4,9-10H2,1-2H3,(H,21,23). The highest BCUT2D eigenvalue weighted by molar-refractivity contribution is 6.03. The molecule has 5 nitrogen and oxygen atoms in total. The maximum Gasteiger partial charge on any atom is 0.258 e. The summed E-state index contributed by atoms with van der Waals surface area (Å²) in [6, 6.07) is 6.03. The Kier molecular flexibility index (Phi) is 6.02. The summed E-state index contributed by atoms with van der Waals surface area (Å²) >= 11 is 0. The average molecular weight is 316 g/mol. The van der Waals surface area contributed by atoms with Crippen LogP contribution in [0.1, 0.15) is 37.0 Å². The summed E-state index contributed by atoms with van der Waals surface area (Å²) in [5, 5.41) is 2.52. The normalized spacial score (nSPS) is 10.4. The number of halogens is 1. The number of aromatic nitrogens is 2. The monoisotopic (exact) mass is 316 g/mol. The quantitative estimate of drug-likeness (QED) is 0.849. The van der Waals surface area contributed by atoms with Gasteiger partial charge in [0.2, 0.25) is 5.95 Å². The first-order valence-electron chi connectivity index (χ1n) is 7.78. The minimum atomic E-state index is -0.476. The Morgan fingerprint density at radius 2 is 1.74 bits per heavy atom. The smallest absolute Gasteiger partial charge is 0.258 e. The highest BCUT2D eigenvalue weighted by Crippen LogP contribution is 2.14. The van der Waals surface area contributed by atoms with Crippen LogP contribution in [0.5, 0.6) is 0 Å². The third kappa shape index (κ3) is 4.48. The van der Waals surface area contributed by atoms with Crippen molar-refractivity contribution in [3.8, 4) is 0 Å². The molecule has 23 heavy (non-hydrogen) atoms. The first-order chi connectivity index (χ1) is 11.2. The van der Waals surface area contributed by atoms with Crippen molar-refractivity contribution in [3.63, 3.8) is 0 Å². The van der Waals surface area contributed by atoms with Gasteiger partial charge in [-0.15, -0.1) is 0 Å². The fourth-order valence-corrected chi connectivity index (χ4v) is 2.21. The molecule has 1 aromatic carbocycles. The van der Waals surface area contributed by atoms with Crippen LogP contribution in [0, 0.1) is 5.82 Å². The first-order valence-corrected chi connectivity index (χ1v) is 7.78. The molecule has 0 unspecified atom stereocenters. The summed E-state index contributed by atoms with van der Waals surface area (Å²) in [4.78, 5) is 22.7. The Morgan fingerprint density at radius 3 is 2.30 bits per heavy atom. The van der Waals surface area contributed by atoms with E-state index in [0.29, 0.717) is 11.5 Å². The molecule has 2 rings (SSSR count). The summed E-state index contributed by atoms with van der Waals surface area (Å²) in [6.07, 6.45) is 4.94. The second kappa shape index (κ2) is 8.22. The maximum atomic E-state index is 13.6. The van der Waals surface area contributed by atoms with E-state index in [-0.39, 0.29) is 5.69 Å². The summed E-state index contributed by atoms with van der Waals surface area (Å²) in [6.45, 7) is 5.93. The number of carbonyl (C=O) groups is 1. The van der Waals surface area contributed by atoms with Crippen molar-refractivity contribution in [1.82, 2.24) is 9.97 Å². The topological polar surface area (TPSA) is 58.1 Å². The van der Waals surface area contributed by atoms with Gasteiger partial charge in [0.25, 0.3) is 5.91 Å². The minimum Gasteiger partial charge on any atom is -0.341 e. The van der Waals surface area contributed by atoms with Gasteiger partial charge < -0.3 is 10.2 Å². The van der Waals surface area contributed by atoms with E-state index in [9.17, 15) is 9.18 Å². The molecule has 0 atom stereocenters. The summed E-state index contributed by atoms with van der Waals surface area (Å²) < 4.78 is 13.6. The van der Waals surface area contributed by atoms with Crippen LogP contribution in [-0.2, 0) is 0 Å². The molecule has 1 heterocycles. The second-order valence-electron chi connectivity index (χ2n) is 5.19. The fraction of sp³-hybridized carbons (Fsp3) is 0.353. The molecule has 0 saturated heterocycles. The predicted octanol–water partition coefficient (Wildman–Crippen LogP) is 3.49. The summed E-state index contributed by atoms with van der Waals surface area (Å²) in [5.41, 5.74) is 0.435. The zero-order valence-corrected chi connectivity index (χ0v) is 13.4. The Balaban J connectivity index is 2.09. The lowest BCUT2D eigenvalue weighted by molar-refractivity contribution is 0.102. The molecule has 2 aromatic rings. The van der Waals surface area contributed by atoms with Crippen LogP contribution in [0.25, 0.3) is 0 Å². The van der Waals surface area contributed by atoms with Gasteiger partial charge in [0.05, 0.1) is 11.3 Å². The zero-order valence-electron chi connectivity index (χ0n) is 13.4. The van der Waals surface area contributed by atoms with Crippen LogP contribution in [0.2, 0.25) is 0 Å². The number of hydrogen-bond acceptors (Lipinski definition) is 4. The number of anilines is 2. The van der Waals surface area contributed by atoms with Crippen LogP contribution in [0.3, 0.4) is 0 Å². The van der Waals surface area contributed by atoms with Crippen LogP contribution >= 0.6 is 0 Å². The summed E-state index contributed by atoms with van der Waals surface area (Å²) in [7, 11) is 0. The van der Waals surface area contributed by atoms with E-state index in [2.05, 4.69) is 34.0 Å². The van der Waals surface area contributed by atoms with Crippen molar-refractivity contribution in [2.75, 3.05) is 23.3 Å². The van der Waals surface area contributed by atoms with Gasteiger partial charge >= 0.3 is 0 Å². The van der Waals surface area contributed by atoms with E-state index in [4.69, 9.17) is 0 Å². The van der Waals surface area contributed by atoms with E-state index in [0.717, 1.165) is 25.9 Å². The highest BCUT2D eigenvalue weighted by atomic mass is 19.1. The molecule has 1 N–H and O–H groups in total. The minimum absolute atomic E-state index is 0.139. The Bertz CT molecular complexity index is 639. The molecule has 1 aromatic heterocycles. The molecule has 1 amide bonds. The number of para-hydroxylation sites is 1. The number of amides is 1. The molecular weight excluding hydrogens is 295 g/mol. The van der Waals surface area contributed by atoms with Crippen molar-refractivity contribution in [3.05, 3.63) is 48.0 Å². The zero-order chi connectivity index (χ0) is 16.7. The molecule has 0 spiro atoms. The third-order valence-electron chi connectivity index (χ3n) is 3.29. The van der Waals surface area contributed by atoms with E-state index >= 15 is 0 Å². The Morgan fingerprint density at radius 1 is 1.13 bits per heavy atom. The first kappa shape index (κ1) is 16.9. The van der Waals surface area contributed by atoms with Gasteiger partial charge in [-0.05, 0) is 25.0 Å². The van der Waals surface area contributed by atoms with E-state index in [1.807, 2.05) is 0 Å². The lowest BCUT2D eigenvalue weighted by atomic mass is 10.2. The van der Waals surface area contributed by atoms with Crippen molar-refractivity contribution in [1.29, 1.82) is 0 Å². The van der Waals surface area contributed by atoms with Gasteiger partial charge in [-0.25, -0.2) is 14.4 Å². The highest BCUT2D eigenvalue weighted by Gasteiger charge is 2.12. The lowest BCUT2D eigenvalue weighted by Crippen LogP contribution is -2.27. The van der Waals surface area contributed by atoms with Crippen molar-refractivity contribution in [2.45, 2.75) is 26.7 Å². The fourth-order valence-electron chi connectivity index (χ4n) is 2.21. The van der Waals surface area contributed by atoms with E-state index < -0.39 is 11.7 Å². The van der Waals surface area contributed by atoms with Gasteiger partial charge in [0.1, 0.15) is 5.82 Å². The number of carbonyl (C=O) groups excluding carboxylic acids is 1. The number of hydrogen-bond donors (Lipinski definition) is 1. The Labute approximate surface area is 135 Å². The predicted molar refractivity (Wildman–Crippen MR) is 89.2 cm³/mol. The van der Waals surface area contributed by atoms with Gasteiger partial charge in [0, 0.05) is 25.5 Å². The number of rotatable bonds is 7. The van der Waals surface area contributed by atoms with Crippen molar-refractivity contribution < 1.29 is 9.18 Å². The average Bonchev–Trinajstić information content (AvgIpc) is 2.57. The van der Waals surface area contributed by atoms with E-state index in [1.165, 1.54) is 24.5 Å². The third-order valence-corrected chi connectivity index (χ3v) is 3.29. The second-order valence-corrected chi connectivity index (χ2v) is 5.19. The molecule has 0 saturated carbocycles. The molecule has 0 bridgehead atoms. The molecule has 6 heteroatoms. The SMILES string of the molecule is CCCN(CCC)c1ncc(C(=O)Nc2ccccc2F)cn1. The Hall–Kier alpha value is -2.50. The van der Waals surface area contributed by atoms with Crippen LogP contribution in [-0.4, -0.2) is 29.0 Å². The molecule has 0 aliphatic rings. The number of nitrogens with zero attached hydrogens (tertiary/aromatic N) is 3. The summed E-state index contributed by atoms with van der Waals surface area (Å²) in [5.74, 6) is -0.300. The van der Waals surface area contributed by atoms with Crippen molar-refractivity contribution >= 4 is 17.5 Å². The van der Waals surface area contributed by atoms with Gasteiger partial charge in [-0.1, -0.05) is 26.0 Å². The van der Waals surface area contributed by atoms with Gasteiger partial charge in [-0.3, -0.25) is 4.79 Å². The van der Waals surface area contributed by atoms with Crippen LogP contribution in [0.4, 0.5) is 16.0 Å².